The highest BCUT2D eigenvalue weighted by molar-refractivity contribution is 6.06. The fourth-order valence-electron chi connectivity index (χ4n) is 1.85. The summed E-state index contributed by atoms with van der Waals surface area (Å²) in [5.41, 5.74) is 1.72. The SMILES string of the molecule is CNCCCNC(=O)c1cccc2[nH]ccc12. The van der Waals surface area contributed by atoms with Crippen LogP contribution in [0.4, 0.5) is 0 Å². The van der Waals surface area contributed by atoms with Crippen LogP contribution >= 0.6 is 0 Å². The van der Waals surface area contributed by atoms with Crippen LogP contribution in [0.5, 0.6) is 0 Å². The molecule has 0 saturated carbocycles. The first-order chi connectivity index (χ1) is 8.33. The van der Waals surface area contributed by atoms with E-state index < -0.39 is 0 Å². The zero-order valence-electron chi connectivity index (χ0n) is 9.92. The van der Waals surface area contributed by atoms with Crippen molar-refractivity contribution in [1.82, 2.24) is 15.6 Å². The lowest BCUT2D eigenvalue weighted by Gasteiger charge is -2.06. The molecule has 0 atom stereocenters. The quantitative estimate of drug-likeness (QED) is 0.683. The maximum Gasteiger partial charge on any atom is 0.251 e. The van der Waals surface area contributed by atoms with Gasteiger partial charge in [0.15, 0.2) is 0 Å². The Morgan fingerprint density at radius 2 is 2.18 bits per heavy atom. The molecular formula is C13H17N3O. The molecule has 4 heteroatoms. The Balaban J connectivity index is 2.06. The fourth-order valence-corrected chi connectivity index (χ4v) is 1.85. The van der Waals surface area contributed by atoms with Gasteiger partial charge in [0, 0.05) is 29.2 Å². The van der Waals surface area contributed by atoms with Crippen LogP contribution in [0.2, 0.25) is 0 Å². The summed E-state index contributed by atoms with van der Waals surface area (Å²) < 4.78 is 0. The van der Waals surface area contributed by atoms with Crippen molar-refractivity contribution in [1.29, 1.82) is 0 Å². The van der Waals surface area contributed by atoms with E-state index in [1.165, 1.54) is 0 Å². The fraction of sp³-hybridized carbons (Fsp3) is 0.308. The molecule has 2 rings (SSSR count). The van der Waals surface area contributed by atoms with Crippen molar-refractivity contribution in [3.8, 4) is 0 Å². The Morgan fingerprint density at radius 1 is 1.29 bits per heavy atom. The highest BCUT2D eigenvalue weighted by Crippen LogP contribution is 2.16. The smallest absolute Gasteiger partial charge is 0.251 e. The summed E-state index contributed by atoms with van der Waals surface area (Å²) in [5, 5.41) is 6.94. The van der Waals surface area contributed by atoms with E-state index in [-0.39, 0.29) is 5.91 Å². The van der Waals surface area contributed by atoms with E-state index in [1.807, 2.05) is 37.5 Å². The third-order valence-electron chi connectivity index (χ3n) is 2.73. The van der Waals surface area contributed by atoms with Crippen LogP contribution in [0.25, 0.3) is 10.9 Å². The Kier molecular flexibility index (Phi) is 3.77. The molecule has 1 aromatic heterocycles. The molecule has 0 saturated heterocycles. The van der Waals surface area contributed by atoms with Gasteiger partial charge in [-0.15, -0.1) is 0 Å². The van der Waals surface area contributed by atoms with Gasteiger partial charge in [0.2, 0.25) is 0 Å². The van der Waals surface area contributed by atoms with Crippen LogP contribution in [0.15, 0.2) is 30.5 Å². The maximum absolute atomic E-state index is 12.0. The standard InChI is InChI=1S/C13H17N3O/c1-14-7-3-8-16-13(17)11-4-2-5-12-10(11)6-9-15-12/h2,4-6,9,14-15H,3,7-8H2,1H3,(H,16,17). The van der Waals surface area contributed by atoms with E-state index in [4.69, 9.17) is 0 Å². The molecule has 3 N–H and O–H groups in total. The minimum atomic E-state index is -0.00805. The Morgan fingerprint density at radius 3 is 3.00 bits per heavy atom. The van der Waals surface area contributed by atoms with E-state index in [0.717, 1.165) is 29.4 Å². The second kappa shape index (κ2) is 5.50. The van der Waals surface area contributed by atoms with Gasteiger partial charge in [0.1, 0.15) is 0 Å². The van der Waals surface area contributed by atoms with Crippen molar-refractivity contribution < 1.29 is 4.79 Å². The van der Waals surface area contributed by atoms with Crippen LogP contribution in [0.3, 0.4) is 0 Å². The zero-order chi connectivity index (χ0) is 12.1. The molecule has 0 aliphatic rings. The summed E-state index contributed by atoms with van der Waals surface area (Å²) in [5.74, 6) is -0.00805. The molecule has 0 radical (unpaired) electrons. The van der Waals surface area contributed by atoms with Crippen LogP contribution < -0.4 is 10.6 Å². The lowest BCUT2D eigenvalue weighted by Crippen LogP contribution is -2.26. The number of nitrogens with one attached hydrogen (secondary N) is 3. The Labute approximate surface area is 100 Å². The second-order valence-electron chi connectivity index (χ2n) is 3.96. The summed E-state index contributed by atoms with van der Waals surface area (Å²) in [7, 11) is 1.91. The average Bonchev–Trinajstić information content (AvgIpc) is 2.82. The molecule has 0 aliphatic heterocycles. The molecule has 0 aliphatic carbocycles. The first-order valence-electron chi connectivity index (χ1n) is 5.82. The summed E-state index contributed by atoms with van der Waals surface area (Å²) in [6.07, 6.45) is 2.79. The number of hydrogen-bond donors (Lipinski definition) is 3. The van der Waals surface area contributed by atoms with E-state index in [2.05, 4.69) is 15.6 Å². The highest BCUT2D eigenvalue weighted by atomic mass is 16.1. The molecule has 0 fully saturated rings. The monoisotopic (exact) mass is 231 g/mol. The van der Waals surface area contributed by atoms with Crippen molar-refractivity contribution in [3.05, 3.63) is 36.0 Å². The summed E-state index contributed by atoms with van der Waals surface area (Å²) >= 11 is 0. The minimum Gasteiger partial charge on any atom is -0.361 e. The second-order valence-corrected chi connectivity index (χ2v) is 3.96. The Hall–Kier alpha value is -1.81. The number of H-pyrrole nitrogens is 1. The van der Waals surface area contributed by atoms with Crippen molar-refractivity contribution in [2.24, 2.45) is 0 Å². The first kappa shape index (κ1) is 11.7. The van der Waals surface area contributed by atoms with Crippen molar-refractivity contribution in [2.45, 2.75) is 6.42 Å². The normalized spacial score (nSPS) is 10.6. The van der Waals surface area contributed by atoms with Gasteiger partial charge < -0.3 is 15.6 Å². The first-order valence-corrected chi connectivity index (χ1v) is 5.82. The summed E-state index contributed by atoms with van der Waals surface area (Å²) in [6, 6.07) is 7.63. The van der Waals surface area contributed by atoms with Crippen LogP contribution in [0, 0.1) is 0 Å². The number of carbonyl (C=O) groups excluding carboxylic acids is 1. The summed E-state index contributed by atoms with van der Waals surface area (Å²) in [4.78, 5) is 15.1. The summed E-state index contributed by atoms with van der Waals surface area (Å²) in [6.45, 7) is 1.61. The lowest BCUT2D eigenvalue weighted by molar-refractivity contribution is 0.0955. The third-order valence-corrected chi connectivity index (χ3v) is 2.73. The molecule has 90 valence electrons. The molecule has 0 bridgehead atoms. The van der Waals surface area contributed by atoms with Gasteiger partial charge in [-0.05, 0) is 38.2 Å². The number of aromatic amines is 1. The number of hydrogen-bond acceptors (Lipinski definition) is 2. The maximum atomic E-state index is 12.0. The molecule has 4 nitrogen and oxygen atoms in total. The molecular weight excluding hydrogens is 214 g/mol. The van der Waals surface area contributed by atoms with Crippen LogP contribution in [-0.2, 0) is 0 Å². The van der Waals surface area contributed by atoms with E-state index in [9.17, 15) is 4.79 Å². The van der Waals surface area contributed by atoms with Gasteiger partial charge in [0.05, 0.1) is 0 Å². The predicted molar refractivity (Wildman–Crippen MR) is 69.2 cm³/mol. The van der Waals surface area contributed by atoms with Crippen LogP contribution in [0.1, 0.15) is 16.8 Å². The predicted octanol–water partition coefficient (Wildman–Crippen LogP) is 1.51. The number of benzene rings is 1. The molecule has 17 heavy (non-hydrogen) atoms. The zero-order valence-corrected chi connectivity index (χ0v) is 9.92. The highest BCUT2D eigenvalue weighted by Gasteiger charge is 2.09. The number of fused-ring (bicyclic) bond motifs is 1. The third kappa shape index (κ3) is 2.65. The Bertz CT molecular complexity index is 504. The molecule has 1 aromatic carbocycles. The van der Waals surface area contributed by atoms with E-state index in [0.29, 0.717) is 6.54 Å². The van der Waals surface area contributed by atoms with Gasteiger partial charge in [-0.25, -0.2) is 0 Å². The van der Waals surface area contributed by atoms with Crippen molar-refractivity contribution >= 4 is 16.8 Å². The van der Waals surface area contributed by atoms with Crippen molar-refractivity contribution in [3.63, 3.8) is 0 Å². The molecule has 0 unspecified atom stereocenters. The lowest BCUT2D eigenvalue weighted by atomic mass is 10.1. The van der Waals surface area contributed by atoms with Crippen molar-refractivity contribution in [2.75, 3.05) is 20.1 Å². The van der Waals surface area contributed by atoms with Gasteiger partial charge in [0.25, 0.3) is 5.91 Å². The van der Waals surface area contributed by atoms with E-state index >= 15 is 0 Å². The van der Waals surface area contributed by atoms with Gasteiger partial charge in [-0.3, -0.25) is 4.79 Å². The molecule has 1 amide bonds. The van der Waals surface area contributed by atoms with Gasteiger partial charge >= 0.3 is 0 Å². The number of amides is 1. The molecule has 1 heterocycles. The van der Waals surface area contributed by atoms with Gasteiger partial charge in [-0.1, -0.05) is 6.07 Å². The molecule has 0 spiro atoms. The number of carbonyl (C=O) groups is 1. The number of rotatable bonds is 5. The molecule has 2 aromatic rings. The van der Waals surface area contributed by atoms with E-state index in [1.54, 1.807) is 0 Å². The average molecular weight is 231 g/mol. The largest absolute Gasteiger partial charge is 0.361 e. The topological polar surface area (TPSA) is 56.9 Å². The van der Waals surface area contributed by atoms with Gasteiger partial charge in [-0.2, -0.15) is 0 Å². The minimum absolute atomic E-state index is 0.00805. The van der Waals surface area contributed by atoms with Crippen LogP contribution in [-0.4, -0.2) is 31.0 Å². The number of aromatic nitrogens is 1.